The summed E-state index contributed by atoms with van der Waals surface area (Å²) in [5.74, 6) is -4.85. The Balaban J connectivity index is 0.00001000. The summed E-state index contributed by atoms with van der Waals surface area (Å²) in [5.41, 5.74) is -4.55. The van der Waals surface area contributed by atoms with Crippen molar-refractivity contribution in [2.75, 3.05) is 33.0 Å². The van der Waals surface area contributed by atoms with Crippen LogP contribution in [-0.2, 0) is 66.5 Å². The lowest BCUT2D eigenvalue weighted by Crippen LogP contribution is -2.69. The number of esters is 1. The lowest BCUT2D eigenvalue weighted by Gasteiger charge is -2.71. The Kier molecular flexibility index (Phi) is 21.7. The molecule has 0 radical (unpaired) electrons. The van der Waals surface area contributed by atoms with E-state index < -0.39 is 243 Å². The molecule has 13 unspecified atom stereocenters. The molecule has 31 heteroatoms. The van der Waals surface area contributed by atoms with Crippen LogP contribution < -0.4 is 5.32 Å². The van der Waals surface area contributed by atoms with E-state index in [4.69, 9.17) is 47.4 Å². The van der Waals surface area contributed by atoms with Gasteiger partial charge >= 0.3 is 11.9 Å². The Bertz CT molecular complexity index is 2650. The standard InChI is InChI=1S/C60H93NO30.CH4/c1-55(2)13-14-60(54(81)91-52-42(76)38(72)34(26(17-62)84-52)61-33(68)21-83-49-41(75)37(71)28(19-64)85-49)24(15-55)23-7-8-30-56(3)11-10-32(57(4,22-65)29(56)9-12-58(30,5)59(23,6)16-31(60)67)87-53-47(90-51-43(77)39(73)36(70)27(18-63)86-51)45(44(78)46(89-53)48(79)80)88-50-40(74)35(69)25(66)20-82-50;/h7,22,24-32,34-47,49-53,62-64,66-67,69-78H,8-21H2,1-6H3,(H,61,68)(H,79,80);1H4/t24?,25-,26-,27?,28+,29-,30?,31?,32+,34+,35+,36+,37?,38?,39+,40?,41?,42?,43?,44+,45+,46?,47?,49-,50+,51+,52+,53-,56?,57-,58+,59-,60-;/m1./s1. The summed E-state index contributed by atoms with van der Waals surface area (Å²) in [5, 5.41) is 175. The fourth-order valence-electron chi connectivity index (χ4n) is 17.8. The van der Waals surface area contributed by atoms with Crippen molar-refractivity contribution in [1.82, 2.24) is 5.32 Å². The molecule has 5 aliphatic carbocycles. The zero-order valence-corrected chi connectivity index (χ0v) is 51.6. The van der Waals surface area contributed by atoms with Crippen molar-refractivity contribution in [1.29, 1.82) is 0 Å². The molecule has 33 atom stereocenters. The predicted molar refractivity (Wildman–Crippen MR) is 305 cm³/mol. The molecule has 4 saturated carbocycles. The number of ether oxygens (including phenoxy) is 10. The molecule has 9 fully saturated rings. The van der Waals surface area contributed by atoms with E-state index in [0.29, 0.717) is 38.5 Å². The molecule has 10 rings (SSSR count). The molecule has 1 amide bonds. The van der Waals surface area contributed by atoms with Gasteiger partial charge in [0.1, 0.15) is 116 Å². The van der Waals surface area contributed by atoms with Gasteiger partial charge in [-0.1, -0.05) is 60.6 Å². The highest BCUT2D eigenvalue weighted by Gasteiger charge is 2.73. The van der Waals surface area contributed by atoms with Crippen molar-refractivity contribution in [2.24, 2.45) is 50.2 Å². The quantitative estimate of drug-likeness (QED) is 0.0281. The van der Waals surface area contributed by atoms with Crippen molar-refractivity contribution >= 4 is 24.1 Å². The Morgan fingerprint density at radius 2 is 1.22 bits per heavy atom. The number of allylic oxidation sites excluding steroid dienone is 2. The molecule has 5 heterocycles. The Morgan fingerprint density at radius 3 is 1.86 bits per heavy atom. The molecule has 526 valence electrons. The molecular formula is C61H97NO30. The summed E-state index contributed by atoms with van der Waals surface area (Å²) in [6.07, 6.45) is -36.5. The van der Waals surface area contributed by atoms with Gasteiger partial charge < -0.3 is 139 Å². The number of aldehydes is 1. The smallest absolute Gasteiger partial charge is 0.335 e. The largest absolute Gasteiger partial charge is 0.479 e. The maximum Gasteiger partial charge on any atom is 0.335 e. The first kappa shape index (κ1) is 73.1. The monoisotopic (exact) mass is 1320 g/mol. The van der Waals surface area contributed by atoms with Gasteiger partial charge in [0.2, 0.25) is 12.2 Å². The lowest BCUT2D eigenvalue weighted by atomic mass is 9.33. The summed E-state index contributed by atoms with van der Waals surface area (Å²) in [6.45, 7) is 8.48. The number of aliphatic hydroxyl groups is 15. The minimum atomic E-state index is -2.21. The van der Waals surface area contributed by atoms with Gasteiger partial charge in [0.25, 0.3) is 0 Å². The van der Waals surface area contributed by atoms with Crippen molar-refractivity contribution < 1.29 is 148 Å². The molecule has 31 nitrogen and oxygen atoms in total. The van der Waals surface area contributed by atoms with Crippen LogP contribution in [0.2, 0.25) is 0 Å². The third kappa shape index (κ3) is 12.2. The molecule has 10 aliphatic rings. The second-order valence-electron chi connectivity index (χ2n) is 28.7. The van der Waals surface area contributed by atoms with Crippen LogP contribution in [0.15, 0.2) is 11.6 Å². The van der Waals surface area contributed by atoms with Crippen LogP contribution >= 0.6 is 0 Å². The summed E-state index contributed by atoms with van der Waals surface area (Å²) in [7, 11) is 0. The molecule has 0 spiro atoms. The highest BCUT2D eigenvalue weighted by Crippen LogP contribution is 2.76. The fraction of sp³-hybridized carbons (Fsp3) is 0.902. The molecule has 17 N–H and O–H groups in total. The normalized spacial score (nSPS) is 51.5. The average molecular weight is 1320 g/mol. The number of carbonyl (C=O) groups is 4. The number of aliphatic carboxylic acids is 1. The lowest BCUT2D eigenvalue weighted by molar-refractivity contribution is -0.391. The van der Waals surface area contributed by atoms with Crippen LogP contribution in [0.25, 0.3) is 0 Å². The van der Waals surface area contributed by atoms with Gasteiger partial charge in [-0.2, -0.15) is 0 Å². The zero-order valence-electron chi connectivity index (χ0n) is 51.6. The minimum Gasteiger partial charge on any atom is -0.479 e. The van der Waals surface area contributed by atoms with Crippen LogP contribution in [0.3, 0.4) is 0 Å². The number of carboxylic acids is 1. The number of amides is 1. The number of aliphatic hydroxyl groups excluding tert-OH is 15. The predicted octanol–water partition coefficient (Wildman–Crippen LogP) is -4.94. The van der Waals surface area contributed by atoms with Crippen molar-refractivity contribution in [3.63, 3.8) is 0 Å². The number of carbonyl (C=O) groups excluding carboxylic acids is 3. The molecule has 0 aromatic rings. The molecule has 5 aliphatic heterocycles. The van der Waals surface area contributed by atoms with E-state index in [9.17, 15) is 96.1 Å². The third-order valence-corrected chi connectivity index (χ3v) is 23.2. The van der Waals surface area contributed by atoms with Gasteiger partial charge in [-0.05, 0) is 97.2 Å². The van der Waals surface area contributed by atoms with E-state index in [1.807, 2.05) is 0 Å². The first-order chi connectivity index (χ1) is 42.7. The van der Waals surface area contributed by atoms with Crippen LogP contribution in [-0.4, -0.2) is 292 Å². The van der Waals surface area contributed by atoms with Crippen LogP contribution in [0.4, 0.5) is 0 Å². The van der Waals surface area contributed by atoms with E-state index >= 15 is 4.79 Å². The van der Waals surface area contributed by atoms with E-state index in [1.165, 1.54) is 0 Å². The molecule has 5 saturated heterocycles. The SMILES string of the molecule is C.CC1(C)CC[C@]2(C(=O)O[C@@H]3O[C@H](CO)[C@H](NC(=O)CO[C@@H]4O[C@@H](CO)C(O)C4O)C(O)C3O)C(O)C[C@]3(C)C(=CCC4C5(C)CC[C@H](O[C@@H]6OC(C(=O)O)[C@@H](O)[C@H](O[C@@H]7OC[C@@H](O)[C@H](O)C7O)C6O[C@@H]6OC(CO)[C@H](O)[C@H](O)C6O)[C@](C)(C=O)[C@@H]5CC[C@@]43C)C2C1. The first-order valence-electron chi connectivity index (χ1n) is 31.4. The minimum absolute atomic E-state index is 0. The first-order valence-corrected chi connectivity index (χ1v) is 31.4. The zero-order chi connectivity index (χ0) is 66.6. The maximum atomic E-state index is 15.2. The summed E-state index contributed by atoms with van der Waals surface area (Å²) in [6, 6.07) is -1.49. The van der Waals surface area contributed by atoms with Crippen LogP contribution in [0.1, 0.15) is 107 Å². The Morgan fingerprint density at radius 1 is 0.620 bits per heavy atom. The average Bonchev–Trinajstić information content (AvgIpc) is 0.724. The molecule has 0 bridgehead atoms. The number of nitrogens with one attached hydrogen (secondary N) is 1. The summed E-state index contributed by atoms with van der Waals surface area (Å²) < 4.78 is 58.6. The highest BCUT2D eigenvalue weighted by molar-refractivity contribution is 5.80. The van der Waals surface area contributed by atoms with Crippen LogP contribution in [0, 0.1) is 50.2 Å². The van der Waals surface area contributed by atoms with E-state index in [1.54, 1.807) is 6.92 Å². The molecule has 0 aromatic carbocycles. The van der Waals surface area contributed by atoms with Crippen molar-refractivity contribution in [3.8, 4) is 0 Å². The maximum absolute atomic E-state index is 15.2. The topological polar surface area (TPSA) is 496 Å². The summed E-state index contributed by atoms with van der Waals surface area (Å²) in [4.78, 5) is 55.3. The van der Waals surface area contributed by atoms with Gasteiger partial charge in [0, 0.05) is 0 Å². The molecule has 92 heavy (non-hydrogen) atoms. The fourth-order valence-corrected chi connectivity index (χ4v) is 17.8. The second kappa shape index (κ2) is 27.3. The summed E-state index contributed by atoms with van der Waals surface area (Å²) >= 11 is 0. The van der Waals surface area contributed by atoms with Crippen molar-refractivity contribution in [3.05, 3.63) is 11.6 Å². The molecular weight excluding hydrogens is 1230 g/mol. The number of rotatable bonds is 17. The van der Waals surface area contributed by atoms with Crippen molar-refractivity contribution in [2.45, 2.75) is 260 Å². The van der Waals surface area contributed by atoms with Gasteiger partial charge in [-0.15, -0.1) is 0 Å². The van der Waals surface area contributed by atoms with E-state index in [0.717, 1.165) is 11.9 Å². The van der Waals surface area contributed by atoms with Gasteiger partial charge in [0.15, 0.2) is 31.3 Å². The van der Waals surface area contributed by atoms with Crippen LogP contribution in [0.5, 0.6) is 0 Å². The highest BCUT2D eigenvalue weighted by atomic mass is 16.8. The number of carboxylic acid groups (broad SMARTS) is 1. The van der Waals surface area contributed by atoms with Gasteiger partial charge in [-0.25, -0.2) is 4.79 Å². The Labute approximate surface area is 531 Å². The number of fused-ring (bicyclic) bond motifs is 7. The number of hydrogen-bond acceptors (Lipinski definition) is 29. The van der Waals surface area contributed by atoms with E-state index in [-0.39, 0.29) is 38.0 Å². The van der Waals surface area contributed by atoms with Gasteiger partial charge in [0.05, 0.1) is 50.1 Å². The number of hydrogen-bond donors (Lipinski definition) is 17. The van der Waals surface area contributed by atoms with Gasteiger partial charge in [-0.3, -0.25) is 9.59 Å². The Hall–Kier alpha value is -3.14. The molecule has 0 aromatic heterocycles. The van der Waals surface area contributed by atoms with E-state index in [2.05, 4.69) is 46.0 Å². The second-order valence-corrected chi connectivity index (χ2v) is 28.7. The third-order valence-electron chi connectivity index (χ3n) is 23.2.